The Morgan fingerprint density at radius 2 is 2.19 bits per heavy atom. The molecule has 1 aliphatic heterocycles. The van der Waals surface area contributed by atoms with Crippen LogP contribution in [0.2, 0.25) is 0 Å². The number of imidazole rings is 1. The summed E-state index contributed by atoms with van der Waals surface area (Å²) >= 11 is 0. The second kappa shape index (κ2) is 8.08. The van der Waals surface area contributed by atoms with Gasteiger partial charge >= 0.3 is 0 Å². The number of likely N-dealkylation sites (tertiary alicyclic amines) is 1. The Labute approximate surface area is 155 Å². The lowest BCUT2D eigenvalue weighted by molar-refractivity contribution is 0.0701. The zero-order chi connectivity index (χ0) is 18.7. The predicted molar refractivity (Wildman–Crippen MR) is 101 cm³/mol. The maximum absolute atomic E-state index is 12.9. The zero-order valence-electron chi connectivity index (χ0n) is 16.4. The number of hydrogen-bond donors (Lipinski definition) is 0. The number of rotatable bonds is 6. The Bertz CT molecular complexity index is 747. The van der Waals surface area contributed by atoms with E-state index >= 15 is 0 Å². The van der Waals surface area contributed by atoms with Gasteiger partial charge in [0, 0.05) is 37.9 Å². The van der Waals surface area contributed by atoms with E-state index in [1.807, 2.05) is 31.0 Å². The van der Waals surface area contributed by atoms with Crippen LogP contribution in [-0.2, 0) is 6.54 Å². The van der Waals surface area contributed by atoms with Crippen molar-refractivity contribution in [2.45, 2.75) is 45.6 Å². The van der Waals surface area contributed by atoms with Crippen molar-refractivity contribution in [3.63, 3.8) is 0 Å². The third-order valence-electron chi connectivity index (χ3n) is 5.10. The third kappa shape index (κ3) is 4.18. The van der Waals surface area contributed by atoms with Crippen LogP contribution in [0.3, 0.4) is 0 Å². The molecule has 2 aromatic rings. The molecule has 0 saturated carbocycles. The van der Waals surface area contributed by atoms with Gasteiger partial charge in [0.2, 0.25) is 0 Å². The molecule has 0 bridgehead atoms. The lowest BCUT2D eigenvalue weighted by Crippen LogP contribution is -2.40. The molecule has 6 nitrogen and oxygen atoms in total. The van der Waals surface area contributed by atoms with E-state index in [-0.39, 0.29) is 5.91 Å². The molecule has 1 aliphatic rings. The molecule has 1 atom stereocenters. The van der Waals surface area contributed by atoms with Crippen molar-refractivity contribution in [1.82, 2.24) is 19.4 Å². The molecule has 0 aliphatic carbocycles. The summed E-state index contributed by atoms with van der Waals surface area (Å²) in [6.45, 7) is 7.31. The quantitative estimate of drug-likeness (QED) is 0.796. The minimum absolute atomic E-state index is 0.0785. The summed E-state index contributed by atoms with van der Waals surface area (Å²) in [5.74, 6) is 2.99. The molecule has 1 saturated heterocycles. The summed E-state index contributed by atoms with van der Waals surface area (Å²) in [6.07, 6.45) is 7.14. The topological polar surface area (TPSA) is 54.5 Å². The number of carbonyl (C=O) groups is 1. The number of furan rings is 1. The minimum Gasteiger partial charge on any atom is -0.466 e. The maximum atomic E-state index is 12.9. The van der Waals surface area contributed by atoms with Gasteiger partial charge < -0.3 is 18.8 Å². The van der Waals surface area contributed by atoms with Crippen LogP contribution in [0.4, 0.5) is 0 Å². The van der Waals surface area contributed by atoms with Gasteiger partial charge in [0.25, 0.3) is 5.91 Å². The van der Waals surface area contributed by atoms with Crippen LogP contribution < -0.4 is 0 Å². The van der Waals surface area contributed by atoms with E-state index in [4.69, 9.17) is 4.42 Å². The highest BCUT2D eigenvalue weighted by molar-refractivity contribution is 5.95. The molecule has 0 radical (unpaired) electrons. The SMILES string of the molecule is Cc1cc(C(=O)N2CCC[C@H](c3nccn3CCCN(C)C)C2)c(C)o1. The summed E-state index contributed by atoms with van der Waals surface area (Å²) in [5.41, 5.74) is 0.692. The van der Waals surface area contributed by atoms with Crippen LogP contribution in [0.25, 0.3) is 0 Å². The highest BCUT2D eigenvalue weighted by Crippen LogP contribution is 2.28. The van der Waals surface area contributed by atoms with Gasteiger partial charge in [-0.2, -0.15) is 0 Å². The number of nitrogens with zero attached hydrogens (tertiary/aromatic N) is 4. The van der Waals surface area contributed by atoms with Gasteiger partial charge in [0.15, 0.2) is 0 Å². The van der Waals surface area contributed by atoms with E-state index in [0.29, 0.717) is 17.2 Å². The van der Waals surface area contributed by atoms with Crippen molar-refractivity contribution in [1.29, 1.82) is 0 Å². The summed E-state index contributed by atoms with van der Waals surface area (Å²) in [4.78, 5) is 21.7. The van der Waals surface area contributed by atoms with E-state index in [2.05, 4.69) is 34.7 Å². The summed E-state index contributed by atoms with van der Waals surface area (Å²) in [7, 11) is 4.19. The van der Waals surface area contributed by atoms with E-state index in [9.17, 15) is 4.79 Å². The molecule has 0 spiro atoms. The van der Waals surface area contributed by atoms with Gasteiger partial charge in [-0.25, -0.2) is 4.98 Å². The molecule has 2 aromatic heterocycles. The Hall–Kier alpha value is -2.08. The second-order valence-corrected chi connectivity index (χ2v) is 7.55. The minimum atomic E-state index is 0.0785. The number of aromatic nitrogens is 2. The highest BCUT2D eigenvalue weighted by atomic mass is 16.3. The normalized spacial score (nSPS) is 17.9. The van der Waals surface area contributed by atoms with Crippen molar-refractivity contribution in [2.75, 3.05) is 33.7 Å². The molecule has 0 unspecified atom stereocenters. The van der Waals surface area contributed by atoms with Crippen LogP contribution in [0.5, 0.6) is 0 Å². The molecule has 6 heteroatoms. The average molecular weight is 358 g/mol. The lowest BCUT2D eigenvalue weighted by Gasteiger charge is -2.32. The molecule has 0 N–H and O–H groups in total. The molecule has 26 heavy (non-hydrogen) atoms. The summed E-state index contributed by atoms with van der Waals surface area (Å²) in [6, 6.07) is 1.85. The van der Waals surface area contributed by atoms with Crippen LogP contribution >= 0.6 is 0 Å². The molecule has 142 valence electrons. The van der Waals surface area contributed by atoms with Crippen LogP contribution in [-0.4, -0.2) is 59.0 Å². The first-order chi connectivity index (χ1) is 12.5. The van der Waals surface area contributed by atoms with Crippen molar-refractivity contribution >= 4 is 5.91 Å². The molecular formula is C20H30N4O2. The van der Waals surface area contributed by atoms with Gasteiger partial charge in [-0.3, -0.25) is 4.79 Å². The highest BCUT2D eigenvalue weighted by Gasteiger charge is 2.29. The summed E-state index contributed by atoms with van der Waals surface area (Å²) < 4.78 is 7.80. The first-order valence-corrected chi connectivity index (χ1v) is 9.47. The standard InChI is InChI=1S/C20H30N4O2/c1-15-13-18(16(2)26-15)20(25)24-10-5-7-17(14-24)19-21-8-12-23(19)11-6-9-22(3)4/h8,12-13,17H,5-7,9-11,14H2,1-4H3/t17-/m0/s1. The second-order valence-electron chi connectivity index (χ2n) is 7.55. The Kier molecular flexibility index (Phi) is 5.81. The third-order valence-corrected chi connectivity index (χ3v) is 5.10. The fraction of sp³-hybridized carbons (Fsp3) is 0.600. The molecule has 3 heterocycles. The van der Waals surface area contributed by atoms with E-state index in [1.54, 1.807) is 0 Å². The van der Waals surface area contributed by atoms with Gasteiger partial charge in [0.1, 0.15) is 17.3 Å². The first kappa shape index (κ1) is 18.7. The number of hydrogen-bond acceptors (Lipinski definition) is 4. The van der Waals surface area contributed by atoms with Crippen molar-refractivity contribution in [3.8, 4) is 0 Å². The van der Waals surface area contributed by atoms with Crippen LogP contribution in [0.1, 0.15) is 52.9 Å². The van der Waals surface area contributed by atoms with Gasteiger partial charge in [-0.05, 0) is 59.8 Å². The molecule has 3 rings (SSSR count). The number of carbonyl (C=O) groups excluding carboxylic acids is 1. The van der Waals surface area contributed by atoms with Crippen LogP contribution in [0, 0.1) is 13.8 Å². The fourth-order valence-corrected chi connectivity index (χ4v) is 3.81. The fourth-order valence-electron chi connectivity index (χ4n) is 3.81. The van der Waals surface area contributed by atoms with E-state index in [1.165, 1.54) is 0 Å². The number of aryl methyl sites for hydroxylation is 3. The van der Waals surface area contributed by atoms with Gasteiger partial charge in [-0.15, -0.1) is 0 Å². The number of amides is 1. The van der Waals surface area contributed by atoms with Crippen molar-refractivity contribution in [2.24, 2.45) is 0 Å². The van der Waals surface area contributed by atoms with E-state index in [0.717, 1.165) is 57.0 Å². The number of piperidine rings is 1. The molecular weight excluding hydrogens is 328 g/mol. The molecule has 1 fully saturated rings. The van der Waals surface area contributed by atoms with Crippen molar-refractivity contribution in [3.05, 3.63) is 41.4 Å². The predicted octanol–water partition coefficient (Wildman–Crippen LogP) is 3.06. The Morgan fingerprint density at radius 1 is 1.38 bits per heavy atom. The monoisotopic (exact) mass is 358 g/mol. The van der Waals surface area contributed by atoms with Gasteiger partial charge in [0.05, 0.1) is 5.56 Å². The maximum Gasteiger partial charge on any atom is 0.257 e. The average Bonchev–Trinajstić information content (AvgIpc) is 3.20. The van der Waals surface area contributed by atoms with Gasteiger partial charge in [-0.1, -0.05) is 0 Å². The molecule has 1 amide bonds. The van der Waals surface area contributed by atoms with Crippen LogP contribution in [0.15, 0.2) is 22.9 Å². The Balaban J connectivity index is 1.68. The lowest BCUT2D eigenvalue weighted by atomic mass is 9.96. The zero-order valence-corrected chi connectivity index (χ0v) is 16.4. The Morgan fingerprint density at radius 3 is 2.88 bits per heavy atom. The van der Waals surface area contributed by atoms with E-state index < -0.39 is 0 Å². The largest absolute Gasteiger partial charge is 0.466 e. The first-order valence-electron chi connectivity index (χ1n) is 9.47. The van der Waals surface area contributed by atoms with Crippen molar-refractivity contribution < 1.29 is 9.21 Å². The summed E-state index contributed by atoms with van der Waals surface area (Å²) in [5, 5.41) is 0. The smallest absolute Gasteiger partial charge is 0.257 e. The molecule has 0 aromatic carbocycles.